The van der Waals surface area contributed by atoms with Crippen LogP contribution in [0.15, 0.2) is 0 Å². The van der Waals surface area contributed by atoms with Crippen molar-refractivity contribution in [2.45, 2.75) is 109 Å². The third-order valence-electron chi connectivity index (χ3n) is 4.88. The van der Waals surface area contributed by atoms with Crippen LogP contribution in [-0.2, 0) is 4.74 Å². The Balaban J connectivity index is 1.78. The number of ether oxygens (including phenoxy) is 1. The van der Waals surface area contributed by atoms with Crippen molar-refractivity contribution >= 4 is 0 Å². The Bertz CT molecular complexity index is 224. The molecule has 2 heteroatoms. The molecule has 0 heterocycles. The van der Waals surface area contributed by atoms with Crippen molar-refractivity contribution in [3.05, 3.63) is 0 Å². The van der Waals surface area contributed by atoms with Gasteiger partial charge in [-0.3, -0.25) is 0 Å². The molecule has 1 fully saturated rings. The maximum Gasteiger partial charge on any atom is 0.0646 e. The molecular formula is C19H39NO. The van der Waals surface area contributed by atoms with E-state index >= 15 is 0 Å². The van der Waals surface area contributed by atoms with E-state index in [1.807, 2.05) is 0 Å². The van der Waals surface area contributed by atoms with Crippen LogP contribution < -0.4 is 5.73 Å². The standard InChI is InChI=1S/C19H39NO/c1-2-3-4-5-6-7-8-9-10-14-17-21-18-19(20)15-12-11-13-16-19/h2-18,20H2,1H3. The molecule has 0 radical (unpaired) electrons. The average Bonchev–Trinajstić information content (AvgIpc) is 2.49. The normalized spacial score (nSPS) is 18.0. The van der Waals surface area contributed by atoms with Crippen LogP contribution in [0.1, 0.15) is 103 Å². The van der Waals surface area contributed by atoms with Gasteiger partial charge in [0, 0.05) is 12.1 Å². The maximum absolute atomic E-state index is 6.36. The minimum absolute atomic E-state index is 0.00324. The van der Waals surface area contributed by atoms with Crippen molar-refractivity contribution in [1.82, 2.24) is 0 Å². The Hall–Kier alpha value is -0.0800. The van der Waals surface area contributed by atoms with Gasteiger partial charge in [-0.1, -0.05) is 84.0 Å². The minimum Gasteiger partial charge on any atom is -0.380 e. The Labute approximate surface area is 133 Å². The predicted molar refractivity (Wildman–Crippen MR) is 92.7 cm³/mol. The largest absolute Gasteiger partial charge is 0.380 e. The topological polar surface area (TPSA) is 35.2 Å². The van der Waals surface area contributed by atoms with E-state index < -0.39 is 0 Å². The van der Waals surface area contributed by atoms with Crippen molar-refractivity contribution in [2.75, 3.05) is 13.2 Å². The quantitative estimate of drug-likeness (QED) is 0.450. The van der Waals surface area contributed by atoms with Crippen LogP contribution in [0, 0.1) is 0 Å². The van der Waals surface area contributed by atoms with Gasteiger partial charge in [0.2, 0.25) is 0 Å². The fourth-order valence-electron chi connectivity index (χ4n) is 3.37. The highest BCUT2D eigenvalue weighted by atomic mass is 16.5. The maximum atomic E-state index is 6.36. The zero-order chi connectivity index (χ0) is 15.2. The van der Waals surface area contributed by atoms with Gasteiger partial charge in [-0.2, -0.15) is 0 Å². The van der Waals surface area contributed by atoms with E-state index in [-0.39, 0.29) is 5.54 Å². The van der Waals surface area contributed by atoms with Gasteiger partial charge in [-0.25, -0.2) is 0 Å². The van der Waals surface area contributed by atoms with Crippen LogP contribution in [0.25, 0.3) is 0 Å². The summed E-state index contributed by atoms with van der Waals surface area (Å²) in [5, 5.41) is 0. The molecule has 0 saturated heterocycles. The lowest BCUT2D eigenvalue weighted by atomic mass is 9.83. The van der Waals surface area contributed by atoms with Crippen molar-refractivity contribution < 1.29 is 4.74 Å². The molecule has 0 atom stereocenters. The van der Waals surface area contributed by atoms with Gasteiger partial charge < -0.3 is 10.5 Å². The van der Waals surface area contributed by atoms with Gasteiger partial charge in [-0.05, 0) is 19.3 Å². The number of hydrogen-bond donors (Lipinski definition) is 1. The minimum atomic E-state index is -0.00324. The molecule has 21 heavy (non-hydrogen) atoms. The third-order valence-corrected chi connectivity index (χ3v) is 4.88. The lowest BCUT2D eigenvalue weighted by Gasteiger charge is -2.33. The predicted octanol–water partition coefficient (Wildman–Crippen LogP) is 5.59. The number of unbranched alkanes of at least 4 members (excludes halogenated alkanes) is 9. The van der Waals surface area contributed by atoms with E-state index in [1.165, 1.54) is 83.5 Å². The first kappa shape index (κ1) is 19.0. The van der Waals surface area contributed by atoms with E-state index in [2.05, 4.69) is 6.92 Å². The van der Waals surface area contributed by atoms with Crippen molar-refractivity contribution in [3.8, 4) is 0 Å². The zero-order valence-electron chi connectivity index (χ0n) is 14.5. The van der Waals surface area contributed by atoms with Crippen molar-refractivity contribution in [1.29, 1.82) is 0 Å². The summed E-state index contributed by atoms with van der Waals surface area (Å²) in [7, 11) is 0. The molecule has 0 aromatic rings. The van der Waals surface area contributed by atoms with Crippen molar-refractivity contribution in [2.24, 2.45) is 5.73 Å². The van der Waals surface area contributed by atoms with E-state index in [1.54, 1.807) is 0 Å². The lowest BCUT2D eigenvalue weighted by Crippen LogP contribution is -2.46. The van der Waals surface area contributed by atoms with Crippen LogP contribution >= 0.6 is 0 Å². The molecule has 0 amide bonds. The Morgan fingerprint density at radius 2 is 1.29 bits per heavy atom. The summed E-state index contributed by atoms with van der Waals surface area (Å²) in [6, 6.07) is 0. The number of hydrogen-bond acceptors (Lipinski definition) is 2. The molecule has 0 aromatic carbocycles. The average molecular weight is 298 g/mol. The molecule has 2 N–H and O–H groups in total. The molecule has 0 aromatic heterocycles. The van der Waals surface area contributed by atoms with Crippen LogP contribution in [0.4, 0.5) is 0 Å². The summed E-state index contributed by atoms with van der Waals surface area (Å²) < 4.78 is 5.82. The highest BCUT2D eigenvalue weighted by molar-refractivity contribution is 4.86. The van der Waals surface area contributed by atoms with E-state index in [9.17, 15) is 0 Å². The summed E-state index contributed by atoms with van der Waals surface area (Å²) in [5.41, 5.74) is 6.36. The Morgan fingerprint density at radius 3 is 1.86 bits per heavy atom. The van der Waals surface area contributed by atoms with Crippen molar-refractivity contribution in [3.63, 3.8) is 0 Å². The zero-order valence-corrected chi connectivity index (χ0v) is 14.5. The molecule has 126 valence electrons. The molecule has 1 saturated carbocycles. The number of nitrogens with two attached hydrogens (primary N) is 1. The monoisotopic (exact) mass is 297 g/mol. The molecular weight excluding hydrogens is 258 g/mol. The summed E-state index contributed by atoms with van der Waals surface area (Å²) in [6.45, 7) is 3.97. The Kier molecular flexibility index (Phi) is 11.3. The fraction of sp³-hybridized carbons (Fsp3) is 1.00. The van der Waals surface area contributed by atoms with Gasteiger partial charge in [0.25, 0.3) is 0 Å². The van der Waals surface area contributed by atoms with Gasteiger partial charge in [0.15, 0.2) is 0 Å². The summed E-state index contributed by atoms with van der Waals surface area (Å²) in [6.07, 6.45) is 20.1. The van der Waals surface area contributed by atoms with E-state index in [0.29, 0.717) is 0 Å². The van der Waals surface area contributed by atoms with E-state index in [4.69, 9.17) is 10.5 Å². The first-order valence-electron chi connectivity index (χ1n) is 9.63. The molecule has 0 unspecified atom stereocenters. The van der Waals surface area contributed by atoms with Crippen LogP contribution in [0.2, 0.25) is 0 Å². The first-order valence-corrected chi connectivity index (χ1v) is 9.63. The molecule has 1 aliphatic carbocycles. The van der Waals surface area contributed by atoms with Gasteiger partial charge in [0.1, 0.15) is 0 Å². The Morgan fingerprint density at radius 1 is 0.762 bits per heavy atom. The lowest BCUT2D eigenvalue weighted by molar-refractivity contribution is 0.0655. The second-order valence-corrected chi connectivity index (χ2v) is 7.16. The third kappa shape index (κ3) is 10.3. The smallest absolute Gasteiger partial charge is 0.0646 e. The van der Waals surface area contributed by atoms with Gasteiger partial charge in [0.05, 0.1) is 6.61 Å². The highest BCUT2D eigenvalue weighted by Gasteiger charge is 2.27. The molecule has 0 spiro atoms. The van der Waals surface area contributed by atoms with E-state index in [0.717, 1.165) is 26.1 Å². The van der Waals surface area contributed by atoms with Crippen LogP contribution in [0.5, 0.6) is 0 Å². The molecule has 1 rings (SSSR count). The summed E-state index contributed by atoms with van der Waals surface area (Å²) in [4.78, 5) is 0. The fourth-order valence-corrected chi connectivity index (χ4v) is 3.37. The summed E-state index contributed by atoms with van der Waals surface area (Å²) >= 11 is 0. The molecule has 0 aliphatic heterocycles. The van der Waals surface area contributed by atoms with Gasteiger partial charge >= 0.3 is 0 Å². The highest BCUT2D eigenvalue weighted by Crippen LogP contribution is 2.26. The van der Waals surface area contributed by atoms with Gasteiger partial charge in [-0.15, -0.1) is 0 Å². The molecule has 1 aliphatic rings. The molecule has 0 bridgehead atoms. The van der Waals surface area contributed by atoms with Crippen LogP contribution in [0.3, 0.4) is 0 Å². The number of rotatable bonds is 13. The molecule has 2 nitrogen and oxygen atoms in total. The summed E-state index contributed by atoms with van der Waals surface area (Å²) in [5.74, 6) is 0. The second-order valence-electron chi connectivity index (χ2n) is 7.16. The van der Waals surface area contributed by atoms with Crippen LogP contribution in [-0.4, -0.2) is 18.8 Å². The second kappa shape index (κ2) is 12.5. The SMILES string of the molecule is CCCCCCCCCCCCOCC1(N)CCCCC1. The first-order chi connectivity index (χ1) is 10.3.